The molecule has 0 aliphatic carbocycles. The lowest BCUT2D eigenvalue weighted by Crippen LogP contribution is -2.33. The molecule has 5 heteroatoms. The second kappa shape index (κ2) is 6.48. The van der Waals surface area contributed by atoms with Crippen LogP contribution in [0, 0.1) is 0 Å². The van der Waals surface area contributed by atoms with E-state index in [1.54, 1.807) is 23.1 Å². The van der Waals surface area contributed by atoms with Crippen molar-refractivity contribution < 1.29 is 9.21 Å². The monoisotopic (exact) mass is 397 g/mol. The molecule has 0 bridgehead atoms. The van der Waals surface area contributed by atoms with E-state index in [1.807, 2.05) is 36.4 Å². The Kier molecular flexibility index (Phi) is 4.17. The molecule has 126 valence electrons. The topological polar surface area (TPSA) is 50.5 Å². The summed E-state index contributed by atoms with van der Waals surface area (Å²) in [4.78, 5) is 27.1. The Morgan fingerprint density at radius 2 is 1.88 bits per heavy atom. The molecule has 1 atom stereocenters. The van der Waals surface area contributed by atoms with Gasteiger partial charge in [0, 0.05) is 16.4 Å². The maximum absolute atomic E-state index is 13.0. The van der Waals surface area contributed by atoms with Gasteiger partial charge in [0.2, 0.25) is 0 Å². The molecule has 3 aromatic rings. The summed E-state index contributed by atoms with van der Waals surface area (Å²) in [6.45, 7) is 0.645. The average molecular weight is 398 g/mol. The summed E-state index contributed by atoms with van der Waals surface area (Å²) in [5.74, 6) is -0.259. The van der Waals surface area contributed by atoms with Gasteiger partial charge in [-0.1, -0.05) is 46.3 Å². The van der Waals surface area contributed by atoms with Gasteiger partial charge in [-0.3, -0.25) is 4.79 Å². The number of para-hydroxylation sites is 1. The first-order valence-corrected chi connectivity index (χ1v) is 9.02. The fourth-order valence-electron chi connectivity index (χ4n) is 3.41. The van der Waals surface area contributed by atoms with Gasteiger partial charge < -0.3 is 9.32 Å². The zero-order valence-corrected chi connectivity index (χ0v) is 15.0. The third-order valence-corrected chi connectivity index (χ3v) is 5.17. The van der Waals surface area contributed by atoms with E-state index in [1.165, 1.54) is 0 Å². The summed E-state index contributed by atoms with van der Waals surface area (Å²) < 4.78 is 6.32. The first kappa shape index (κ1) is 16.1. The third kappa shape index (κ3) is 3.00. The predicted octanol–water partition coefficient (Wildman–Crippen LogP) is 4.53. The molecule has 0 spiro atoms. The number of benzene rings is 2. The highest BCUT2D eigenvalue weighted by atomic mass is 79.9. The number of hydrogen-bond donors (Lipinski definition) is 0. The van der Waals surface area contributed by atoms with Crippen molar-refractivity contribution in [1.82, 2.24) is 4.90 Å². The van der Waals surface area contributed by atoms with Crippen LogP contribution in [-0.2, 0) is 0 Å². The molecule has 0 saturated carbocycles. The normalized spacial score (nSPS) is 17.2. The molecular formula is C20H16BrNO3. The van der Waals surface area contributed by atoms with Crippen LogP contribution in [0.2, 0.25) is 0 Å². The number of fused-ring (bicyclic) bond motifs is 1. The summed E-state index contributed by atoms with van der Waals surface area (Å²) in [6.07, 6.45) is 1.82. The number of carbonyl (C=O) groups is 1. The highest BCUT2D eigenvalue weighted by Crippen LogP contribution is 2.33. The van der Waals surface area contributed by atoms with Crippen LogP contribution < -0.4 is 5.63 Å². The molecule has 1 aliphatic rings. The second-order valence-corrected chi connectivity index (χ2v) is 7.11. The van der Waals surface area contributed by atoms with Gasteiger partial charge in [-0.2, -0.15) is 0 Å². The molecule has 1 unspecified atom stereocenters. The standard InChI is InChI=1S/C20H16BrNO3/c21-15-9-7-13(8-10-15)17-5-3-11-22(17)19(23)16-12-14-4-1-2-6-18(14)25-20(16)24/h1-2,4,6-10,12,17H,3,5,11H2. The van der Waals surface area contributed by atoms with Crippen LogP contribution in [-0.4, -0.2) is 17.4 Å². The van der Waals surface area contributed by atoms with Crippen molar-refractivity contribution in [3.05, 3.63) is 80.6 Å². The zero-order chi connectivity index (χ0) is 17.4. The number of nitrogens with zero attached hydrogens (tertiary/aromatic N) is 1. The minimum atomic E-state index is -0.579. The van der Waals surface area contributed by atoms with E-state index in [0.29, 0.717) is 12.1 Å². The van der Waals surface area contributed by atoms with Crippen LogP contribution in [0.25, 0.3) is 11.0 Å². The summed E-state index contributed by atoms with van der Waals surface area (Å²) in [7, 11) is 0. The van der Waals surface area contributed by atoms with Gasteiger partial charge in [0.05, 0.1) is 6.04 Å². The Morgan fingerprint density at radius 1 is 1.12 bits per heavy atom. The molecule has 1 fully saturated rings. The van der Waals surface area contributed by atoms with E-state index < -0.39 is 5.63 Å². The van der Waals surface area contributed by atoms with Crippen molar-refractivity contribution in [3.63, 3.8) is 0 Å². The van der Waals surface area contributed by atoms with Crippen molar-refractivity contribution in [2.75, 3.05) is 6.54 Å². The predicted molar refractivity (Wildman–Crippen MR) is 99.6 cm³/mol. The minimum Gasteiger partial charge on any atom is -0.422 e. The molecule has 1 saturated heterocycles. The molecule has 0 radical (unpaired) electrons. The van der Waals surface area contributed by atoms with Crippen LogP contribution in [0.15, 0.2) is 68.3 Å². The first-order valence-electron chi connectivity index (χ1n) is 8.23. The summed E-state index contributed by atoms with van der Waals surface area (Å²) in [5.41, 5.74) is 1.10. The Balaban J connectivity index is 1.71. The van der Waals surface area contributed by atoms with E-state index in [0.717, 1.165) is 28.3 Å². The molecular weight excluding hydrogens is 382 g/mol. The van der Waals surface area contributed by atoms with Crippen LogP contribution in [0.5, 0.6) is 0 Å². The van der Waals surface area contributed by atoms with E-state index in [-0.39, 0.29) is 17.5 Å². The van der Waals surface area contributed by atoms with Gasteiger partial charge in [-0.25, -0.2) is 4.79 Å². The molecule has 1 aliphatic heterocycles. The van der Waals surface area contributed by atoms with Gasteiger partial charge in [-0.05, 0) is 42.7 Å². The van der Waals surface area contributed by atoms with Crippen LogP contribution >= 0.6 is 15.9 Å². The number of halogens is 1. The van der Waals surface area contributed by atoms with Gasteiger partial charge >= 0.3 is 5.63 Å². The summed E-state index contributed by atoms with van der Waals surface area (Å²) in [6, 6.07) is 16.8. The highest BCUT2D eigenvalue weighted by molar-refractivity contribution is 9.10. The number of hydrogen-bond acceptors (Lipinski definition) is 3. The molecule has 1 aromatic heterocycles. The van der Waals surface area contributed by atoms with E-state index >= 15 is 0 Å². The maximum atomic E-state index is 13.0. The molecule has 4 rings (SSSR count). The molecule has 1 amide bonds. The first-order chi connectivity index (χ1) is 12.1. The molecule has 4 nitrogen and oxygen atoms in total. The average Bonchev–Trinajstić information content (AvgIpc) is 3.11. The number of amides is 1. The van der Waals surface area contributed by atoms with Crippen molar-refractivity contribution in [2.45, 2.75) is 18.9 Å². The largest absolute Gasteiger partial charge is 0.422 e. The van der Waals surface area contributed by atoms with E-state index in [4.69, 9.17) is 4.42 Å². The fourth-order valence-corrected chi connectivity index (χ4v) is 3.67. The van der Waals surface area contributed by atoms with Crippen LogP contribution in [0.1, 0.15) is 34.8 Å². The van der Waals surface area contributed by atoms with Gasteiger partial charge in [-0.15, -0.1) is 0 Å². The van der Waals surface area contributed by atoms with Crippen LogP contribution in [0.4, 0.5) is 0 Å². The Labute approximate surface area is 153 Å². The van der Waals surface area contributed by atoms with Crippen molar-refractivity contribution in [1.29, 1.82) is 0 Å². The van der Waals surface area contributed by atoms with Crippen LogP contribution in [0.3, 0.4) is 0 Å². The lowest BCUT2D eigenvalue weighted by molar-refractivity contribution is 0.0731. The molecule has 25 heavy (non-hydrogen) atoms. The van der Waals surface area contributed by atoms with E-state index in [9.17, 15) is 9.59 Å². The molecule has 2 heterocycles. The van der Waals surface area contributed by atoms with Gasteiger partial charge in [0.25, 0.3) is 5.91 Å². The fraction of sp³-hybridized carbons (Fsp3) is 0.200. The Hall–Kier alpha value is -2.40. The van der Waals surface area contributed by atoms with Crippen molar-refractivity contribution >= 4 is 32.8 Å². The summed E-state index contributed by atoms with van der Waals surface area (Å²) >= 11 is 3.43. The lowest BCUT2D eigenvalue weighted by Gasteiger charge is -2.25. The van der Waals surface area contributed by atoms with Crippen molar-refractivity contribution in [3.8, 4) is 0 Å². The molecule has 0 N–H and O–H groups in total. The zero-order valence-electron chi connectivity index (χ0n) is 13.4. The smallest absolute Gasteiger partial charge is 0.349 e. The van der Waals surface area contributed by atoms with Crippen molar-refractivity contribution in [2.24, 2.45) is 0 Å². The number of rotatable bonds is 2. The SMILES string of the molecule is O=C(c1cc2ccccc2oc1=O)N1CCCC1c1ccc(Br)cc1. The maximum Gasteiger partial charge on any atom is 0.349 e. The Bertz CT molecular complexity index is 994. The number of likely N-dealkylation sites (tertiary alicyclic amines) is 1. The number of carbonyl (C=O) groups excluding carboxylic acids is 1. The second-order valence-electron chi connectivity index (χ2n) is 6.19. The minimum absolute atomic E-state index is 0.00790. The van der Waals surface area contributed by atoms with E-state index in [2.05, 4.69) is 15.9 Å². The highest BCUT2D eigenvalue weighted by Gasteiger charge is 2.32. The van der Waals surface area contributed by atoms with Gasteiger partial charge in [0.1, 0.15) is 11.1 Å². The third-order valence-electron chi connectivity index (χ3n) is 4.64. The molecule has 2 aromatic carbocycles. The quantitative estimate of drug-likeness (QED) is 0.596. The van der Waals surface area contributed by atoms with Gasteiger partial charge in [0.15, 0.2) is 0 Å². The summed E-state index contributed by atoms with van der Waals surface area (Å²) in [5, 5.41) is 0.754. The Morgan fingerprint density at radius 3 is 2.68 bits per heavy atom. The lowest BCUT2D eigenvalue weighted by atomic mass is 10.0.